The highest BCUT2D eigenvalue weighted by molar-refractivity contribution is 5.74. The fraction of sp³-hybridized carbons (Fsp3) is 0.364. The number of hydrogen-bond acceptors (Lipinski definition) is 4. The van der Waals surface area contributed by atoms with Crippen LogP contribution in [0.25, 0.3) is 11.1 Å². The number of rotatable bonds is 9. The van der Waals surface area contributed by atoms with Crippen LogP contribution in [0.4, 0.5) is 0 Å². The van der Waals surface area contributed by atoms with E-state index in [-0.39, 0.29) is 0 Å². The molecule has 2 rings (SSSR count). The molecular weight excluding hydrogens is 356 g/mol. The molecule has 2 unspecified atom stereocenters. The van der Waals surface area contributed by atoms with E-state index in [0.717, 1.165) is 17.7 Å². The molecule has 0 radical (unpaired) electrons. The molecule has 0 aliphatic carbocycles. The van der Waals surface area contributed by atoms with Gasteiger partial charge in [0, 0.05) is 6.54 Å². The van der Waals surface area contributed by atoms with Crippen molar-refractivity contribution in [3.05, 3.63) is 59.7 Å². The van der Waals surface area contributed by atoms with Crippen molar-refractivity contribution >= 4 is 12.4 Å². The number of carbonyl (C=O) groups excluding carboxylic acids is 1. The van der Waals surface area contributed by atoms with Gasteiger partial charge in [0.1, 0.15) is 0 Å². The van der Waals surface area contributed by atoms with Crippen molar-refractivity contribution in [1.82, 2.24) is 10.6 Å². The first-order chi connectivity index (χ1) is 13.2. The zero-order valence-electron chi connectivity index (χ0n) is 16.7. The molecule has 0 spiro atoms. The Morgan fingerprint density at radius 2 is 1.82 bits per heavy atom. The molecule has 0 saturated heterocycles. The Hall–Kier alpha value is -2.70. The van der Waals surface area contributed by atoms with Crippen LogP contribution in [0.15, 0.2) is 48.5 Å². The number of aliphatic carboxylic acids is 1. The molecule has 0 aromatic heterocycles. The van der Waals surface area contributed by atoms with Crippen molar-refractivity contribution in [2.24, 2.45) is 0 Å². The van der Waals surface area contributed by atoms with Crippen molar-refractivity contribution in [3.8, 4) is 11.1 Å². The van der Waals surface area contributed by atoms with Crippen LogP contribution in [0.5, 0.6) is 0 Å². The minimum absolute atomic E-state index is 0.502. The van der Waals surface area contributed by atoms with E-state index in [1.54, 1.807) is 20.8 Å². The van der Waals surface area contributed by atoms with Gasteiger partial charge in [0.25, 0.3) is 0 Å². The van der Waals surface area contributed by atoms with Crippen LogP contribution in [0.2, 0.25) is 0 Å². The number of hydrogen-bond donors (Lipinski definition) is 3. The predicted octanol–water partition coefficient (Wildman–Crippen LogP) is 3.13. The van der Waals surface area contributed by atoms with Crippen LogP contribution in [-0.2, 0) is 20.9 Å². The lowest BCUT2D eigenvalue weighted by atomic mass is 9.96. The molecule has 1 amide bonds. The van der Waals surface area contributed by atoms with Crippen molar-refractivity contribution < 1.29 is 19.4 Å². The van der Waals surface area contributed by atoms with E-state index in [1.807, 2.05) is 43.4 Å². The van der Waals surface area contributed by atoms with Gasteiger partial charge in [0.05, 0.1) is 11.6 Å². The van der Waals surface area contributed by atoms with Crippen LogP contribution < -0.4 is 10.6 Å². The van der Waals surface area contributed by atoms with Gasteiger partial charge in [-0.05, 0) is 56.1 Å². The van der Waals surface area contributed by atoms with E-state index < -0.39 is 23.7 Å². The van der Waals surface area contributed by atoms with E-state index in [9.17, 15) is 14.7 Å². The van der Waals surface area contributed by atoms with E-state index in [2.05, 4.69) is 22.8 Å². The lowest BCUT2D eigenvalue weighted by molar-refractivity contribution is -0.163. The van der Waals surface area contributed by atoms with Gasteiger partial charge in [-0.1, -0.05) is 42.5 Å². The van der Waals surface area contributed by atoms with Gasteiger partial charge in [-0.15, -0.1) is 0 Å². The second-order valence-electron chi connectivity index (χ2n) is 7.60. The topological polar surface area (TPSA) is 87.7 Å². The summed E-state index contributed by atoms with van der Waals surface area (Å²) in [5.74, 6) is -1.13. The Kier molecular flexibility index (Phi) is 7.31. The number of ether oxygens (including phenoxy) is 1. The molecular formula is C22H28N2O4. The molecule has 0 aliphatic heterocycles. The normalized spacial score (nSPS) is 13.6. The molecule has 6 nitrogen and oxygen atoms in total. The number of benzene rings is 2. The van der Waals surface area contributed by atoms with Crippen LogP contribution in [0, 0.1) is 0 Å². The molecule has 6 heteroatoms. The summed E-state index contributed by atoms with van der Waals surface area (Å²) in [6.07, 6.45) is -0.697. The first-order valence-corrected chi connectivity index (χ1v) is 9.19. The fourth-order valence-electron chi connectivity index (χ4n) is 3.02. The summed E-state index contributed by atoms with van der Waals surface area (Å²) in [7, 11) is 1.90. The predicted molar refractivity (Wildman–Crippen MR) is 109 cm³/mol. The molecule has 0 heterocycles. The highest BCUT2D eigenvalue weighted by Crippen LogP contribution is 2.27. The van der Waals surface area contributed by atoms with E-state index in [1.165, 1.54) is 5.56 Å². The highest BCUT2D eigenvalue weighted by Gasteiger charge is 2.33. The van der Waals surface area contributed by atoms with Crippen LogP contribution >= 0.6 is 0 Å². The molecule has 2 aromatic carbocycles. The van der Waals surface area contributed by atoms with Crippen LogP contribution in [0.3, 0.4) is 0 Å². The number of carboxylic acid groups (broad SMARTS) is 1. The quantitative estimate of drug-likeness (QED) is 0.578. The smallest absolute Gasteiger partial charge is 0.335 e. The first-order valence-electron chi connectivity index (χ1n) is 9.19. The Morgan fingerprint density at radius 3 is 2.36 bits per heavy atom. The largest absolute Gasteiger partial charge is 0.479 e. The molecule has 0 fully saturated rings. The third kappa shape index (κ3) is 5.90. The molecule has 0 bridgehead atoms. The van der Waals surface area contributed by atoms with Crippen LogP contribution in [-0.4, -0.2) is 36.2 Å². The summed E-state index contributed by atoms with van der Waals surface area (Å²) in [6, 6.07) is 14.9. The summed E-state index contributed by atoms with van der Waals surface area (Å²) in [5.41, 5.74) is 3.25. The fourth-order valence-corrected chi connectivity index (χ4v) is 3.02. The molecule has 28 heavy (non-hydrogen) atoms. The highest BCUT2D eigenvalue weighted by atomic mass is 16.5. The van der Waals surface area contributed by atoms with E-state index in [0.29, 0.717) is 12.0 Å². The second kappa shape index (κ2) is 9.48. The summed E-state index contributed by atoms with van der Waals surface area (Å²) in [5, 5.41) is 15.3. The number of carboxylic acids is 1. The van der Waals surface area contributed by atoms with Gasteiger partial charge in [0.15, 0.2) is 6.10 Å². The Balaban J connectivity index is 2.32. The summed E-state index contributed by atoms with van der Waals surface area (Å²) >= 11 is 0. The Bertz CT molecular complexity index is 797. The molecule has 0 aliphatic rings. The van der Waals surface area contributed by atoms with Gasteiger partial charge < -0.3 is 20.5 Å². The summed E-state index contributed by atoms with van der Waals surface area (Å²) in [4.78, 5) is 22.9. The average Bonchev–Trinajstić information content (AvgIpc) is 2.64. The first kappa shape index (κ1) is 21.6. The van der Waals surface area contributed by atoms with E-state index >= 15 is 0 Å². The summed E-state index contributed by atoms with van der Waals surface area (Å²) in [6.45, 7) is 6.12. The standard InChI is InChI=1S/C22H28N2O4/c1-22(2,3)28-20(21(26)27)19(24-14-25)17-10-8-16(9-11-17)18-7-5-6-15(12-18)13-23-4/h5-12,14,19-20,23H,13H2,1-4H3,(H,24,25)(H,26,27). The van der Waals surface area contributed by atoms with Crippen molar-refractivity contribution in [3.63, 3.8) is 0 Å². The van der Waals surface area contributed by atoms with Crippen molar-refractivity contribution in [2.45, 2.75) is 45.1 Å². The number of amides is 1. The van der Waals surface area contributed by atoms with Gasteiger partial charge in [-0.3, -0.25) is 4.79 Å². The minimum atomic E-state index is -1.20. The Morgan fingerprint density at radius 1 is 1.14 bits per heavy atom. The Labute approximate surface area is 165 Å². The maximum absolute atomic E-state index is 11.8. The van der Waals surface area contributed by atoms with Crippen molar-refractivity contribution in [2.75, 3.05) is 7.05 Å². The van der Waals surface area contributed by atoms with Crippen LogP contribution in [0.1, 0.15) is 37.9 Å². The molecule has 2 aromatic rings. The molecule has 0 saturated carbocycles. The summed E-state index contributed by atoms with van der Waals surface area (Å²) < 4.78 is 5.70. The van der Waals surface area contributed by atoms with E-state index in [4.69, 9.17) is 4.74 Å². The van der Waals surface area contributed by atoms with Gasteiger partial charge >= 0.3 is 5.97 Å². The monoisotopic (exact) mass is 384 g/mol. The number of nitrogens with one attached hydrogen (secondary N) is 2. The lowest BCUT2D eigenvalue weighted by Crippen LogP contribution is -2.43. The SMILES string of the molecule is CNCc1cccc(-c2ccc(C(NC=O)C(OC(C)(C)C)C(=O)O)cc2)c1. The van der Waals surface area contributed by atoms with Crippen molar-refractivity contribution in [1.29, 1.82) is 0 Å². The third-order valence-corrected chi connectivity index (χ3v) is 4.19. The zero-order valence-corrected chi connectivity index (χ0v) is 16.7. The maximum Gasteiger partial charge on any atom is 0.335 e. The molecule has 3 N–H and O–H groups in total. The maximum atomic E-state index is 11.8. The lowest BCUT2D eigenvalue weighted by Gasteiger charge is -2.30. The third-order valence-electron chi connectivity index (χ3n) is 4.19. The zero-order chi connectivity index (χ0) is 20.7. The second-order valence-corrected chi connectivity index (χ2v) is 7.60. The van der Waals surface area contributed by atoms with Gasteiger partial charge in [-0.25, -0.2) is 4.79 Å². The molecule has 2 atom stereocenters. The van der Waals surface area contributed by atoms with Gasteiger partial charge in [-0.2, -0.15) is 0 Å². The minimum Gasteiger partial charge on any atom is -0.479 e. The van der Waals surface area contributed by atoms with Gasteiger partial charge in [0.2, 0.25) is 6.41 Å². The number of carbonyl (C=O) groups is 2. The average molecular weight is 384 g/mol. The molecule has 150 valence electrons.